The SMILES string of the molecule is CC.CC.CC1CC2CC(C)CC(NCc3cnc(C(C)(C)C)s3)(C1)C2.COc1ccc(Cc2nc(CNC3CCC(C)C3)no2)cc1OC. The van der Waals surface area contributed by atoms with Gasteiger partial charge in [-0.2, -0.15) is 4.98 Å². The van der Waals surface area contributed by atoms with E-state index in [2.05, 4.69) is 73.5 Å². The van der Waals surface area contributed by atoms with Gasteiger partial charge in [-0.05, 0) is 92.7 Å². The number of nitrogens with zero attached hydrogens (tertiary/aromatic N) is 3. The van der Waals surface area contributed by atoms with Crippen LogP contribution in [0.3, 0.4) is 0 Å². The van der Waals surface area contributed by atoms with Gasteiger partial charge < -0.3 is 24.6 Å². The highest BCUT2D eigenvalue weighted by atomic mass is 32.1. The van der Waals surface area contributed by atoms with E-state index in [1.165, 1.54) is 61.3 Å². The second-order valence-electron chi connectivity index (χ2n) is 15.6. The lowest BCUT2D eigenvalue weighted by Gasteiger charge is -2.50. The molecule has 9 heteroatoms. The van der Waals surface area contributed by atoms with Crippen LogP contribution < -0.4 is 20.1 Å². The van der Waals surface area contributed by atoms with Gasteiger partial charge in [-0.25, -0.2) is 4.98 Å². The van der Waals surface area contributed by atoms with Crippen molar-refractivity contribution in [2.75, 3.05) is 14.2 Å². The number of methoxy groups -OCH3 is 2. The van der Waals surface area contributed by atoms with Crippen molar-refractivity contribution in [3.63, 3.8) is 0 Å². The topological polar surface area (TPSA) is 94.3 Å². The van der Waals surface area contributed by atoms with Crippen LogP contribution in [0, 0.1) is 23.7 Å². The van der Waals surface area contributed by atoms with Crippen molar-refractivity contribution >= 4 is 11.3 Å². The molecule has 0 aliphatic heterocycles. The van der Waals surface area contributed by atoms with E-state index in [9.17, 15) is 0 Å². The summed E-state index contributed by atoms with van der Waals surface area (Å²) >= 11 is 1.88. The van der Waals surface area contributed by atoms with Crippen molar-refractivity contribution in [3.05, 3.63) is 51.6 Å². The van der Waals surface area contributed by atoms with Crippen molar-refractivity contribution in [1.29, 1.82) is 0 Å². The Morgan fingerprint density at radius 2 is 1.56 bits per heavy atom. The Kier molecular flexibility index (Phi) is 16.7. The minimum Gasteiger partial charge on any atom is -0.493 e. The molecule has 0 radical (unpaired) electrons. The van der Waals surface area contributed by atoms with Gasteiger partial charge in [0, 0.05) is 34.6 Å². The van der Waals surface area contributed by atoms with E-state index in [-0.39, 0.29) is 5.41 Å². The molecule has 0 saturated heterocycles. The summed E-state index contributed by atoms with van der Waals surface area (Å²) in [6.07, 6.45) is 13.4. The molecule has 2 N–H and O–H groups in total. The highest BCUT2D eigenvalue weighted by Gasteiger charge is 2.43. The average molecular weight is 712 g/mol. The van der Waals surface area contributed by atoms with E-state index >= 15 is 0 Å². The maximum Gasteiger partial charge on any atom is 0.231 e. The zero-order chi connectivity index (χ0) is 36.9. The molecule has 3 saturated carbocycles. The number of hydrogen-bond donors (Lipinski definition) is 2. The molecule has 3 aromatic rings. The fourth-order valence-electron chi connectivity index (χ4n) is 8.16. The zero-order valence-corrected chi connectivity index (χ0v) is 34.3. The molecule has 3 fully saturated rings. The number of nitrogens with one attached hydrogen (secondary N) is 2. The van der Waals surface area contributed by atoms with Crippen LogP contribution in [0.15, 0.2) is 28.9 Å². The number of fused-ring (bicyclic) bond motifs is 2. The lowest BCUT2D eigenvalue weighted by molar-refractivity contribution is 0.0544. The third-order valence-electron chi connectivity index (χ3n) is 10.0. The van der Waals surface area contributed by atoms with Crippen LogP contribution in [0.2, 0.25) is 0 Å². The monoisotopic (exact) mass is 712 g/mol. The van der Waals surface area contributed by atoms with Gasteiger partial charge >= 0.3 is 0 Å². The van der Waals surface area contributed by atoms with E-state index in [1.54, 1.807) is 14.2 Å². The summed E-state index contributed by atoms with van der Waals surface area (Å²) in [4.78, 5) is 10.5. The Balaban J connectivity index is 0.000000247. The van der Waals surface area contributed by atoms with Gasteiger partial charge in [0.2, 0.25) is 5.89 Å². The third-order valence-corrected chi connectivity index (χ3v) is 11.4. The standard InChI is InChI=1S/C19H32N2S.C18H25N3O3.2C2H6/c1-13-6-15-7-14(2)9-19(8-13,10-15)21-12-16-11-20-17(22-16)18(3,4)5;1-12-4-6-14(8-12)19-11-17-20-18(24-21-17)10-13-5-7-15(22-2)16(9-13)23-3;2*1-2/h11,13-15,21H,6-10,12H2,1-5H3;5,7,9,12,14,19H,4,6,8,10-11H2,1-3H3;2*1-2H3. The Morgan fingerprint density at radius 1 is 0.880 bits per heavy atom. The lowest BCUT2D eigenvalue weighted by atomic mass is 9.61. The van der Waals surface area contributed by atoms with Gasteiger partial charge in [-0.1, -0.05) is 80.5 Å². The first kappa shape index (κ1) is 41.9. The van der Waals surface area contributed by atoms with E-state index < -0.39 is 0 Å². The second kappa shape index (κ2) is 19.9. The Bertz CT molecular complexity index is 1380. The van der Waals surface area contributed by atoms with Crippen LogP contribution in [-0.2, 0) is 24.9 Å². The first-order chi connectivity index (χ1) is 23.9. The maximum atomic E-state index is 5.36. The Morgan fingerprint density at radius 3 is 2.14 bits per heavy atom. The van der Waals surface area contributed by atoms with Crippen molar-refractivity contribution in [2.45, 2.75) is 157 Å². The minimum absolute atomic E-state index is 0.172. The molecule has 3 aliphatic rings. The Labute approximate surface area is 308 Å². The van der Waals surface area contributed by atoms with Gasteiger partial charge in [0.15, 0.2) is 17.3 Å². The highest BCUT2D eigenvalue weighted by Crippen LogP contribution is 2.47. The van der Waals surface area contributed by atoms with Crippen LogP contribution in [0.25, 0.3) is 0 Å². The van der Waals surface area contributed by atoms with E-state index in [0.717, 1.165) is 35.8 Å². The quantitative estimate of drug-likeness (QED) is 0.215. The molecule has 2 bridgehead atoms. The summed E-state index contributed by atoms with van der Waals surface area (Å²) in [7, 11) is 3.25. The fraction of sp³-hybridized carbons (Fsp3) is 0.732. The molecule has 2 heterocycles. The molecule has 0 spiro atoms. The number of ether oxygens (including phenoxy) is 2. The molecule has 282 valence electrons. The molecule has 1 aromatic carbocycles. The summed E-state index contributed by atoms with van der Waals surface area (Å²) in [5.41, 5.74) is 1.61. The molecule has 8 nitrogen and oxygen atoms in total. The third kappa shape index (κ3) is 12.3. The van der Waals surface area contributed by atoms with Gasteiger partial charge in [-0.15, -0.1) is 11.3 Å². The molecule has 6 rings (SSSR count). The molecule has 4 atom stereocenters. The number of hydrogen-bond acceptors (Lipinski definition) is 9. The molecule has 4 unspecified atom stereocenters. The first-order valence-electron chi connectivity index (χ1n) is 19.4. The van der Waals surface area contributed by atoms with Crippen molar-refractivity contribution in [1.82, 2.24) is 25.8 Å². The van der Waals surface area contributed by atoms with E-state index in [4.69, 9.17) is 14.0 Å². The molecule has 3 aliphatic carbocycles. The van der Waals surface area contributed by atoms with Crippen LogP contribution in [0.4, 0.5) is 0 Å². The second-order valence-corrected chi connectivity index (χ2v) is 16.8. The van der Waals surface area contributed by atoms with E-state index in [1.807, 2.05) is 57.2 Å². The van der Waals surface area contributed by atoms with Gasteiger partial charge in [0.05, 0.1) is 32.2 Å². The molecule has 50 heavy (non-hydrogen) atoms. The average Bonchev–Trinajstić information content (AvgIpc) is 3.86. The number of rotatable bonds is 10. The number of aromatic nitrogens is 3. The first-order valence-corrected chi connectivity index (χ1v) is 20.2. The summed E-state index contributed by atoms with van der Waals surface area (Å²) in [6, 6.07) is 6.37. The fourth-order valence-corrected chi connectivity index (χ4v) is 9.07. The number of thiazole rings is 1. The van der Waals surface area contributed by atoms with Crippen molar-refractivity contribution in [2.24, 2.45) is 23.7 Å². The number of benzene rings is 1. The van der Waals surface area contributed by atoms with Gasteiger partial charge in [0.25, 0.3) is 0 Å². The smallest absolute Gasteiger partial charge is 0.231 e. The summed E-state index contributed by atoms with van der Waals surface area (Å²) in [5, 5.41) is 12.8. The molecule has 0 amide bonds. The lowest BCUT2D eigenvalue weighted by Crippen LogP contribution is -2.53. The van der Waals surface area contributed by atoms with Crippen LogP contribution >= 0.6 is 11.3 Å². The highest BCUT2D eigenvalue weighted by molar-refractivity contribution is 7.11. The van der Waals surface area contributed by atoms with Crippen LogP contribution in [0.5, 0.6) is 11.5 Å². The van der Waals surface area contributed by atoms with Crippen molar-refractivity contribution in [3.8, 4) is 11.5 Å². The summed E-state index contributed by atoms with van der Waals surface area (Å²) in [5.74, 6) is 6.26. The molecule has 2 aromatic heterocycles. The minimum atomic E-state index is 0.172. The molecular weight excluding hydrogens is 643 g/mol. The predicted octanol–water partition coefficient (Wildman–Crippen LogP) is 10.1. The van der Waals surface area contributed by atoms with Crippen LogP contribution in [0.1, 0.15) is 148 Å². The summed E-state index contributed by atoms with van der Waals surface area (Å²) < 4.78 is 15.9. The molecular formula is C41H69N5O3S. The van der Waals surface area contributed by atoms with Gasteiger partial charge in [0.1, 0.15) is 0 Å². The zero-order valence-electron chi connectivity index (χ0n) is 33.4. The largest absolute Gasteiger partial charge is 0.493 e. The van der Waals surface area contributed by atoms with Crippen LogP contribution in [-0.4, -0.2) is 40.9 Å². The normalized spacial score (nSPS) is 25.6. The van der Waals surface area contributed by atoms with Gasteiger partial charge in [-0.3, -0.25) is 0 Å². The van der Waals surface area contributed by atoms with E-state index in [0.29, 0.717) is 47.8 Å². The van der Waals surface area contributed by atoms with Crippen molar-refractivity contribution < 1.29 is 14.0 Å². The maximum absolute atomic E-state index is 5.36. The summed E-state index contributed by atoms with van der Waals surface area (Å²) in [6.45, 7) is 23.6. The Hall–Kier alpha value is -2.49. The predicted molar refractivity (Wildman–Crippen MR) is 208 cm³/mol.